The van der Waals surface area contributed by atoms with Crippen molar-refractivity contribution >= 4 is 50.7 Å². The van der Waals surface area contributed by atoms with Gasteiger partial charge in [0.1, 0.15) is 11.5 Å². The van der Waals surface area contributed by atoms with Crippen molar-refractivity contribution < 1.29 is 17.9 Å². The van der Waals surface area contributed by atoms with E-state index in [1.165, 1.54) is 12.3 Å². The first-order chi connectivity index (χ1) is 11.7. The average Bonchev–Trinajstić information content (AvgIpc) is 3.01. The van der Waals surface area contributed by atoms with Crippen LogP contribution in [0.1, 0.15) is 16.1 Å². The van der Waals surface area contributed by atoms with Gasteiger partial charge in [-0.3, -0.25) is 0 Å². The van der Waals surface area contributed by atoms with Gasteiger partial charge in [-0.1, -0.05) is 29.3 Å². The quantitative estimate of drug-likeness (QED) is 0.264. The van der Waals surface area contributed by atoms with Crippen molar-refractivity contribution in [1.82, 2.24) is 9.40 Å². The van der Waals surface area contributed by atoms with Gasteiger partial charge in [-0.25, -0.2) is 28.0 Å². The number of nitrogens with one attached hydrogen (secondary N) is 1. The number of rotatable bonds is 4. The van der Waals surface area contributed by atoms with E-state index < -0.39 is 16.0 Å². The monoisotopic (exact) mass is 404 g/mol. The van der Waals surface area contributed by atoms with Crippen LogP contribution in [-0.4, -0.2) is 37.6 Å². The number of nitrogens with zero attached hydrogens (tertiary/aromatic N) is 2. The van der Waals surface area contributed by atoms with E-state index in [1.54, 1.807) is 18.2 Å². The minimum atomic E-state index is -3.75. The second-order valence-electron chi connectivity index (χ2n) is 4.84. The van der Waals surface area contributed by atoms with Gasteiger partial charge in [0.15, 0.2) is 0 Å². The van der Waals surface area contributed by atoms with E-state index in [9.17, 15) is 13.2 Å². The molecule has 1 aromatic heterocycles. The molecule has 0 saturated heterocycles. The summed E-state index contributed by atoms with van der Waals surface area (Å²) in [5.74, 6) is 4.74. The van der Waals surface area contributed by atoms with Crippen molar-refractivity contribution in [2.24, 2.45) is 10.8 Å². The molecule has 0 radical (unpaired) electrons. The predicted molar refractivity (Wildman–Crippen MR) is 96.0 cm³/mol. The van der Waals surface area contributed by atoms with Gasteiger partial charge in [-0.2, -0.15) is 0 Å². The minimum Gasteiger partial charge on any atom is -0.464 e. The first kappa shape index (κ1) is 19.3. The summed E-state index contributed by atoms with van der Waals surface area (Å²) < 4.78 is 29.1. The molecule has 134 valence electrons. The van der Waals surface area contributed by atoms with Crippen LogP contribution in [0.3, 0.4) is 0 Å². The van der Waals surface area contributed by atoms with Gasteiger partial charge in [0.2, 0.25) is 10.0 Å². The van der Waals surface area contributed by atoms with E-state index in [4.69, 9.17) is 29.0 Å². The van der Waals surface area contributed by atoms with Gasteiger partial charge < -0.3 is 10.2 Å². The molecular weight excluding hydrogens is 391 g/mol. The number of nitrogens with two attached hydrogens (primary N) is 1. The molecule has 11 heteroatoms. The van der Waals surface area contributed by atoms with Crippen molar-refractivity contribution in [2.45, 2.75) is 0 Å². The molecule has 0 saturated carbocycles. The molecule has 0 aliphatic rings. The van der Waals surface area contributed by atoms with Gasteiger partial charge >= 0.3 is 5.97 Å². The van der Waals surface area contributed by atoms with Crippen LogP contribution in [0.5, 0.6) is 0 Å². The maximum atomic E-state index is 11.9. The molecule has 3 N–H and O–H groups in total. The normalized spacial score (nSPS) is 12.1. The zero-order valence-corrected chi connectivity index (χ0v) is 15.5. The Balaban J connectivity index is 2.62. The van der Waals surface area contributed by atoms with Gasteiger partial charge in [-0.15, -0.1) is 0 Å². The molecule has 0 atom stereocenters. The highest BCUT2D eigenvalue weighted by molar-refractivity contribution is 7.89. The molecule has 1 heterocycles. The number of aliphatic imine (C=N–C) groups is 1. The highest BCUT2D eigenvalue weighted by Crippen LogP contribution is 2.32. The molecule has 25 heavy (non-hydrogen) atoms. The summed E-state index contributed by atoms with van der Waals surface area (Å²) in [5, 5.41) is 0.496. The molecule has 2 aromatic rings. The standard InChI is InChI=1S/C14H14Cl2N4O4S/c1-24-14(21)11-6-8(7-20(11)25(2,22)23)13(19-17)18-10-5-3-4-9(15)12(10)16/h3-7H,17H2,1-2H3,(H,18,19). The molecule has 0 bridgehead atoms. The number of hydrogen-bond donors (Lipinski definition) is 2. The summed E-state index contributed by atoms with van der Waals surface area (Å²) in [4.78, 5) is 16.1. The molecule has 0 spiro atoms. The fourth-order valence-electron chi connectivity index (χ4n) is 1.98. The number of esters is 1. The second-order valence-corrected chi connectivity index (χ2v) is 7.49. The lowest BCUT2D eigenvalue weighted by atomic mass is 10.2. The third-order valence-corrected chi connectivity index (χ3v) is 4.94. The number of methoxy groups -OCH3 is 1. The maximum absolute atomic E-state index is 11.9. The van der Waals surface area contributed by atoms with E-state index in [2.05, 4.69) is 15.2 Å². The van der Waals surface area contributed by atoms with Crippen LogP contribution in [0, 0.1) is 0 Å². The van der Waals surface area contributed by atoms with Crippen molar-refractivity contribution in [3.05, 3.63) is 51.8 Å². The number of hydrazine groups is 1. The van der Waals surface area contributed by atoms with Gasteiger partial charge in [0.25, 0.3) is 0 Å². The van der Waals surface area contributed by atoms with Crippen LogP contribution in [0.4, 0.5) is 5.69 Å². The van der Waals surface area contributed by atoms with Crippen LogP contribution in [-0.2, 0) is 14.8 Å². The van der Waals surface area contributed by atoms with Crippen molar-refractivity contribution in [3.8, 4) is 0 Å². The number of benzene rings is 1. The SMILES string of the molecule is COC(=O)c1cc(C(=Nc2cccc(Cl)c2Cl)NN)cn1S(C)(=O)=O. The Morgan fingerprint density at radius 1 is 1.36 bits per heavy atom. The summed E-state index contributed by atoms with van der Waals surface area (Å²) >= 11 is 12.0. The lowest BCUT2D eigenvalue weighted by Gasteiger charge is -2.05. The van der Waals surface area contributed by atoms with Gasteiger partial charge in [0.05, 0.1) is 29.1 Å². The highest BCUT2D eigenvalue weighted by atomic mass is 35.5. The van der Waals surface area contributed by atoms with Crippen molar-refractivity contribution in [2.75, 3.05) is 13.4 Å². The van der Waals surface area contributed by atoms with Crippen molar-refractivity contribution in [1.29, 1.82) is 0 Å². The molecule has 0 aliphatic carbocycles. The number of ether oxygens (including phenoxy) is 1. The topological polar surface area (TPSA) is 116 Å². The molecule has 0 amide bonds. The Hall–Kier alpha value is -2.07. The lowest BCUT2D eigenvalue weighted by molar-refractivity contribution is 0.0593. The van der Waals surface area contributed by atoms with E-state index in [0.29, 0.717) is 10.7 Å². The number of halogens is 2. The van der Waals surface area contributed by atoms with Crippen LogP contribution in [0.15, 0.2) is 35.5 Å². The molecule has 0 unspecified atom stereocenters. The predicted octanol–water partition coefficient (Wildman–Crippen LogP) is 1.93. The zero-order chi connectivity index (χ0) is 18.8. The summed E-state index contributed by atoms with van der Waals surface area (Å²) in [7, 11) is -2.61. The van der Waals surface area contributed by atoms with Gasteiger partial charge in [-0.05, 0) is 18.2 Å². The Kier molecular flexibility index (Phi) is 5.73. The third kappa shape index (κ3) is 4.13. The first-order valence-electron chi connectivity index (χ1n) is 6.70. The van der Waals surface area contributed by atoms with Crippen molar-refractivity contribution in [3.63, 3.8) is 0 Å². The summed E-state index contributed by atoms with van der Waals surface area (Å²) in [6.45, 7) is 0. The fourth-order valence-corrected chi connectivity index (χ4v) is 3.11. The Bertz CT molecular complexity index is 954. The Labute approximate surface area is 154 Å². The van der Waals surface area contributed by atoms with Crippen LogP contribution < -0.4 is 11.3 Å². The minimum absolute atomic E-state index is 0.0803. The molecule has 2 rings (SSSR count). The van der Waals surface area contributed by atoms with Crippen LogP contribution >= 0.6 is 23.2 Å². The Morgan fingerprint density at radius 2 is 2.04 bits per heavy atom. The average molecular weight is 405 g/mol. The lowest BCUT2D eigenvalue weighted by Crippen LogP contribution is -2.30. The largest absolute Gasteiger partial charge is 0.464 e. The van der Waals surface area contributed by atoms with Crippen LogP contribution in [0.25, 0.3) is 0 Å². The molecule has 0 fully saturated rings. The molecular formula is C14H14Cl2N4O4S. The number of hydrogen-bond acceptors (Lipinski definition) is 6. The zero-order valence-electron chi connectivity index (χ0n) is 13.2. The summed E-state index contributed by atoms with van der Waals surface area (Å²) in [5.41, 5.74) is 2.71. The molecule has 1 aromatic carbocycles. The summed E-state index contributed by atoms with van der Waals surface area (Å²) in [6.07, 6.45) is 2.14. The second kappa shape index (κ2) is 7.44. The molecule has 0 aliphatic heterocycles. The highest BCUT2D eigenvalue weighted by Gasteiger charge is 2.22. The smallest absolute Gasteiger partial charge is 0.355 e. The van der Waals surface area contributed by atoms with E-state index in [1.807, 2.05) is 0 Å². The van der Waals surface area contributed by atoms with E-state index in [-0.39, 0.29) is 22.1 Å². The maximum Gasteiger partial charge on any atom is 0.355 e. The Morgan fingerprint density at radius 3 is 2.60 bits per heavy atom. The summed E-state index contributed by atoms with van der Waals surface area (Å²) in [6, 6.07) is 6.11. The number of carbonyl (C=O) groups is 1. The van der Waals surface area contributed by atoms with E-state index >= 15 is 0 Å². The molecule has 8 nitrogen and oxygen atoms in total. The number of aromatic nitrogens is 1. The third-order valence-electron chi connectivity index (χ3n) is 3.11. The number of amidine groups is 1. The fraction of sp³-hybridized carbons (Fsp3) is 0.143. The van der Waals surface area contributed by atoms with E-state index in [0.717, 1.165) is 17.3 Å². The first-order valence-corrected chi connectivity index (χ1v) is 9.30. The van der Waals surface area contributed by atoms with Gasteiger partial charge in [0, 0.05) is 11.8 Å². The number of carbonyl (C=O) groups excluding carboxylic acids is 1. The van der Waals surface area contributed by atoms with Crippen LogP contribution in [0.2, 0.25) is 10.0 Å².